The van der Waals surface area contributed by atoms with E-state index < -0.39 is 5.25 Å². The summed E-state index contributed by atoms with van der Waals surface area (Å²) in [6, 6.07) is 21.7. The maximum atomic E-state index is 13.0. The Bertz CT molecular complexity index is 1480. The van der Waals surface area contributed by atoms with Crippen molar-refractivity contribution >= 4 is 34.9 Å². The first-order chi connectivity index (χ1) is 17.5. The number of nitrogens with zero attached hydrogens (tertiary/aromatic N) is 3. The highest BCUT2D eigenvalue weighted by Crippen LogP contribution is 2.30. The van der Waals surface area contributed by atoms with Crippen LogP contribution in [0.4, 0.5) is 5.69 Å². The third-order valence-corrected chi connectivity index (χ3v) is 7.24. The Labute approximate surface area is 213 Å². The lowest BCUT2D eigenvalue weighted by Crippen LogP contribution is -2.24. The van der Waals surface area contributed by atoms with Crippen molar-refractivity contribution in [1.82, 2.24) is 14.8 Å². The first-order valence-corrected chi connectivity index (χ1v) is 12.6. The van der Waals surface area contributed by atoms with Crippen molar-refractivity contribution in [2.24, 2.45) is 0 Å². The van der Waals surface area contributed by atoms with E-state index in [1.54, 1.807) is 49.4 Å². The molecule has 1 aliphatic carbocycles. The van der Waals surface area contributed by atoms with E-state index >= 15 is 0 Å². The number of fused-ring (bicyclic) bond motifs is 2. The fraction of sp³-hybridized carbons (Fsp3) is 0.179. The molecule has 1 amide bonds. The molecule has 8 heteroatoms. The van der Waals surface area contributed by atoms with Crippen LogP contribution in [0.2, 0.25) is 0 Å². The molecule has 7 nitrogen and oxygen atoms in total. The molecule has 0 radical (unpaired) electrons. The maximum absolute atomic E-state index is 13.0. The zero-order valence-corrected chi connectivity index (χ0v) is 20.7. The van der Waals surface area contributed by atoms with E-state index in [4.69, 9.17) is 0 Å². The first-order valence-electron chi connectivity index (χ1n) is 11.7. The molecule has 1 aromatic heterocycles. The van der Waals surface area contributed by atoms with Gasteiger partial charge in [-0.1, -0.05) is 66.4 Å². The lowest BCUT2D eigenvalue weighted by atomic mass is 9.84. The molecule has 1 heterocycles. The van der Waals surface area contributed by atoms with Crippen LogP contribution in [0.3, 0.4) is 0 Å². The Balaban J connectivity index is 1.30. The molecular formula is C28H24N4O3S. The molecule has 1 aliphatic rings. The van der Waals surface area contributed by atoms with Crippen LogP contribution >= 0.6 is 11.8 Å². The fourth-order valence-electron chi connectivity index (χ4n) is 4.27. The summed E-state index contributed by atoms with van der Waals surface area (Å²) < 4.78 is 2.02. The van der Waals surface area contributed by atoms with Gasteiger partial charge in [-0.15, -0.1) is 10.2 Å². The van der Waals surface area contributed by atoms with Gasteiger partial charge in [0.25, 0.3) is 0 Å². The van der Waals surface area contributed by atoms with Gasteiger partial charge >= 0.3 is 0 Å². The van der Waals surface area contributed by atoms with Gasteiger partial charge in [0.2, 0.25) is 5.91 Å². The second-order valence-electron chi connectivity index (χ2n) is 8.52. The first kappa shape index (κ1) is 23.7. The zero-order chi connectivity index (χ0) is 25.2. The van der Waals surface area contributed by atoms with E-state index in [1.165, 1.54) is 11.8 Å². The predicted octanol–water partition coefficient (Wildman–Crippen LogP) is 4.78. The number of nitrogens with one attached hydrogen (secondary N) is 1. The molecule has 0 aliphatic heterocycles. The number of hydrogen-bond donors (Lipinski definition) is 1. The normalized spacial score (nSPS) is 13.2. The van der Waals surface area contributed by atoms with Crippen LogP contribution in [0.15, 0.2) is 78.0 Å². The standard InChI is InChI=1S/C28H24N4O3S/c1-3-32-24(15-18-9-5-4-6-10-18)30-31-28(32)36-17(2)27(35)29-19-13-14-22-23(16-19)26(34)21-12-8-7-11-20(21)25(22)33/h4-14,16-17H,3,15H2,1-2H3,(H,29,35)/t17-/m0/s1. The van der Waals surface area contributed by atoms with Gasteiger partial charge < -0.3 is 9.88 Å². The number of carbonyl (C=O) groups is 3. The highest BCUT2D eigenvalue weighted by molar-refractivity contribution is 8.00. The van der Waals surface area contributed by atoms with Crippen molar-refractivity contribution in [1.29, 1.82) is 0 Å². The fourth-order valence-corrected chi connectivity index (χ4v) is 5.20. The second-order valence-corrected chi connectivity index (χ2v) is 9.83. The average molecular weight is 497 g/mol. The number of hydrogen-bond acceptors (Lipinski definition) is 6. The molecule has 36 heavy (non-hydrogen) atoms. The van der Waals surface area contributed by atoms with E-state index in [0.29, 0.717) is 46.1 Å². The van der Waals surface area contributed by atoms with E-state index in [-0.39, 0.29) is 17.5 Å². The van der Waals surface area contributed by atoms with Crippen LogP contribution in [0, 0.1) is 0 Å². The molecule has 5 rings (SSSR count). The number of carbonyl (C=O) groups excluding carboxylic acids is 3. The SMILES string of the molecule is CCn1c(Cc2ccccc2)nnc1S[C@@H](C)C(=O)Nc1ccc2c(c1)C(=O)c1ccccc1C2=O. The van der Waals surface area contributed by atoms with Crippen molar-refractivity contribution in [3.05, 3.63) is 106 Å². The van der Waals surface area contributed by atoms with Gasteiger partial charge in [-0.3, -0.25) is 14.4 Å². The number of ketones is 2. The smallest absolute Gasteiger partial charge is 0.237 e. The van der Waals surface area contributed by atoms with Crippen molar-refractivity contribution in [3.63, 3.8) is 0 Å². The summed E-state index contributed by atoms with van der Waals surface area (Å²) in [7, 11) is 0. The van der Waals surface area contributed by atoms with E-state index in [1.807, 2.05) is 41.8 Å². The van der Waals surface area contributed by atoms with E-state index in [9.17, 15) is 14.4 Å². The largest absolute Gasteiger partial charge is 0.325 e. The minimum Gasteiger partial charge on any atom is -0.325 e. The van der Waals surface area contributed by atoms with Gasteiger partial charge in [0.15, 0.2) is 16.7 Å². The summed E-state index contributed by atoms with van der Waals surface area (Å²) >= 11 is 1.33. The Morgan fingerprint density at radius 1 is 0.889 bits per heavy atom. The molecule has 1 N–H and O–H groups in total. The van der Waals surface area contributed by atoms with Gasteiger partial charge in [-0.25, -0.2) is 0 Å². The van der Waals surface area contributed by atoms with Crippen LogP contribution in [-0.2, 0) is 17.8 Å². The summed E-state index contributed by atoms with van der Waals surface area (Å²) in [6.07, 6.45) is 0.661. The molecule has 0 fully saturated rings. The molecule has 180 valence electrons. The lowest BCUT2D eigenvalue weighted by Gasteiger charge is -2.18. The molecule has 0 spiro atoms. The molecular weight excluding hydrogens is 472 g/mol. The summed E-state index contributed by atoms with van der Waals surface area (Å²) in [5.74, 6) is 0.204. The highest BCUT2D eigenvalue weighted by Gasteiger charge is 2.29. The van der Waals surface area contributed by atoms with Gasteiger partial charge in [-0.05, 0) is 37.6 Å². The van der Waals surface area contributed by atoms with Crippen LogP contribution in [0.5, 0.6) is 0 Å². The van der Waals surface area contributed by atoms with E-state index in [0.717, 1.165) is 11.4 Å². The molecule has 1 atom stereocenters. The summed E-state index contributed by atoms with van der Waals surface area (Å²) in [5, 5.41) is 11.8. The molecule has 0 unspecified atom stereocenters. The van der Waals surface area contributed by atoms with Crippen LogP contribution in [0.25, 0.3) is 0 Å². The monoisotopic (exact) mass is 496 g/mol. The third kappa shape index (κ3) is 4.47. The van der Waals surface area contributed by atoms with Gasteiger partial charge in [0, 0.05) is 40.9 Å². The van der Waals surface area contributed by atoms with Crippen LogP contribution in [0.1, 0.15) is 57.1 Å². The topological polar surface area (TPSA) is 93.9 Å². The summed E-state index contributed by atoms with van der Waals surface area (Å²) in [6.45, 7) is 4.51. The Morgan fingerprint density at radius 3 is 2.22 bits per heavy atom. The Morgan fingerprint density at radius 2 is 1.53 bits per heavy atom. The predicted molar refractivity (Wildman–Crippen MR) is 139 cm³/mol. The number of benzene rings is 3. The second kappa shape index (κ2) is 9.91. The third-order valence-electron chi connectivity index (χ3n) is 6.16. The molecule has 0 saturated carbocycles. The Hall–Kier alpha value is -4.04. The number of amides is 1. The zero-order valence-electron chi connectivity index (χ0n) is 19.9. The van der Waals surface area contributed by atoms with Crippen LogP contribution in [-0.4, -0.2) is 37.5 Å². The maximum Gasteiger partial charge on any atom is 0.237 e. The lowest BCUT2D eigenvalue weighted by molar-refractivity contribution is -0.115. The van der Waals surface area contributed by atoms with Gasteiger partial charge in [0.05, 0.1) is 5.25 Å². The number of anilines is 1. The quantitative estimate of drug-likeness (QED) is 0.326. The van der Waals surface area contributed by atoms with Crippen LogP contribution < -0.4 is 5.32 Å². The van der Waals surface area contributed by atoms with Crippen molar-refractivity contribution in [2.45, 2.75) is 37.2 Å². The highest BCUT2D eigenvalue weighted by atomic mass is 32.2. The van der Waals surface area contributed by atoms with Crippen molar-refractivity contribution < 1.29 is 14.4 Å². The van der Waals surface area contributed by atoms with Crippen molar-refractivity contribution in [2.75, 3.05) is 5.32 Å². The number of rotatable bonds is 7. The summed E-state index contributed by atoms with van der Waals surface area (Å²) in [5.41, 5.74) is 3.05. The van der Waals surface area contributed by atoms with Gasteiger partial charge in [-0.2, -0.15) is 0 Å². The summed E-state index contributed by atoms with van der Waals surface area (Å²) in [4.78, 5) is 38.8. The molecule has 3 aromatic carbocycles. The van der Waals surface area contributed by atoms with E-state index in [2.05, 4.69) is 15.5 Å². The number of thioether (sulfide) groups is 1. The molecule has 4 aromatic rings. The van der Waals surface area contributed by atoms with Gasteiger partial charge in [0.1, 0.15) is 5.82 Å². The minimum absolute atomic E-state index is 0.188. The minimum atomic E-state index is -0.460. The molecule has 0 bridgehead atoms. The van der Waals surface area contributed by atoms with Crippen molar-refractivity contribution in [3.8, 4) is 0 Å². The number of aromatic nitrogens is 3. The Kier molecular flexibility index (Phi) is 6.52. The molecule has 0 saturated heterocycles. The average Bonchev–Trinajstić information content (AvgIpc) is 3.28.